The highest BCUT2D eigenvalue weighted by molar-refractivity contribution is 5.93. The Bertz CT molecular complexity index is 466. The molecule has 1 aromatic carbocycles. The number of hydrogen-bond donors (Lipinski definition) is 2. The molecule has 2 aliphatic rings. The average Bonchev–Trinajstić information content (AvgIpc) is 2.80. The molecule has 1 saturated heterocycles. The topological polar surface area (TPSA) is 73.6 Å². The number of hydrogen-bond acceptors (Lipinski definition) is 4. The van der Waals surface area contributed by atoms with E-state index in [1.165, 1.54) is 6.42 Å². The summed E-state index contributed by atoms with van der Waals surface area (Å²) in [6, 6.07) is 5.19. The smallest absolute Gasteiger partial charge is 0.248 e. The first-order chi connectivity index (χ1) is 9.77. The summed E-state index contributed by atoms with van der Waals surface area (Å²) in [5.74, 6) is 0.393. The van der Waals surface area contributed by atoms with Gasteiger partial charge in [0.2, 0.25) is 5.91 Å². The van der Waals surface area contributed by atoms with E-state index < -0.39 is 5.91 Å². The summed E-state index contributed by atoms with van der Waals surface area (Å²) in [5.41, 5.74) is 6.67. The Labute approximate surface area is 118 Å². The molecule has 0 spiro atoms. The molecular formula is C15H20N2O3. The van der Waals surface area contributed by atoms with E-state index in [4.69, 9.17) is 15.2 Å². The number of benzene rings is 1. The maximum atomic E-state index is 10.9. The lowest BCUT2D eigenvalue weighted by molar-refractivity contribution is 0.1000. The van der Waals surface area contributed by atoms with Crippen molar-refractivity contribution in [2.75, 3.05) is 26.3 Å². The van der Waals surface area contributed by atoms with Gasteiger partial charge < -0.3 is 20.5 Å². The van der Waals surface area contributed by atoms with Crippen LogP contribution >= 0.6 is 0 Å². The van der Waals surface area contributed by atoms with Crippen molar-refractivity contribution < 1.29 is 14.3 Å². The van der Waals surface area contributed by atoms with Gasteiger partial charge in [-0.2, -0.15) is 0 Å². The molecule has 5 heteroatoms. The van der Waals surface area contributed by atoms with Gasteiger partial charge in [0, 0.05) is 18.7 Å². The molecule has 1 fully saturated rings. The van der Waals surface area contributed by atoms with Gasteiger partial charge >= 0.3 is 0 Å². The molecule has 3 N–H and O–H groups in total. The molecule has 108 valence electrons. The van der Waals surface area contributed by atoms with Crippen molar-refractivity contribution >= 4 is 5.91 Å². The van der Waals surface area contributed by atoms with Gasteiger partial charge in [-0.25, -0.2) is 0 Å². The zero-order chi connectivity index (χ0) is 14.2. The molecule has 0 bridgehead atoms. The second kappa shape index (κ2) is 7.67. The third-order valence-electron chi connectivity index (χ3n) is 3.04. The molecule has 1 amide bonds. The molecule has 20 heavy (non-hydrogen) atoms. The number of carbonyl (C=O) groups is 1. The zero-order valence-corrected chi connectivity index (χ0v) is 11.4. The third kappa shape index (κ3) is 4.36. The Morgan fingerprint density at radius 1 is 1.25 bits per heavy atom. The summed E-state index contributed by atoms with van der Waals surface area (Å²) in [5, 5.41) is 3.22. The van der Waals surface area contributed by atoms with Crippen molar-refractivity contribution in [1.29, 1.82) is 0 Å². The van der Waals surface area contributed by atoms with E-state index in [1.54, 1.807) is 24.5 Å². The Kier molecular flexibility index (Phi) is 5.58. The van der Waals surface area contributed by atoms with Crippen molar-refractivity contribution in [3.63, 3.8) is 0 Å². The van der Waals surface area contributed by atoms with Gasteiger partial charge in [0.15, 0.2) is 0 Å². The molecule has 1 aromatic rings. The largest absolute Gasteiger partial charge is 0.465 e. The minimum Gasteiger partial charge on any atom is -0.465 e. The minimum absolute atomic E-state index is 0.405. The zero-order valence-electron chi connectivity index (χ0n) is 11.4. The first kappa shape index (κ1) is 14.6. The minimum atomic E-state index is -0.405. The maximum Gasteiger partial charge on any atom is 0.248 e. The molecule has 0 unspecified atom stereocenters. The van der Waals surface area contributed by atoms with Crippen molar-refractivity contribution in [2.45, 2.75) is 12.8 Å². The van der Waals surface area contributed by atoms with Crippen LogP contribution in [-0.4, -0.2) is 32.2 Å². The maximum absolute atomic E-state index is 10.9. The van der Waals surface area contributed by atoms with E-state index in [2.05, 4.69) is 5.32 Å². The van der Waals surface area contributed by atoms with Crippen LogP contribution in [0.15, 0.2) is 30.5 Å². The number of fused-ring (bicyclic) bond motifs is 1. The van der Waals surface area contributed by atoms with Gasteiger partial charge in [-0.1, -0.05) is 0 Å². The van der Waals surface area contributed by atoms with Crippen molar-refractivity contribution in [2.24, 2.45) is 5.73 Å². The predicted octanol–water partition coefficient (Wildman–Crippen LogP) is 1.23. The van der Waals surface area contributed by atoms with Gasteiger partial charge in [-0.05, 0) is 49.2 Å². The van der Waals surface area contributed by atoms with Crippen LogP contribution in [0.2, 0.25) is 0 Å². The summed E-state index contributed by atoms with van der Waals surface area (Å²) in [4.78, 5) is 10.9. The van der Waals surface area contributed by atoms with Crippen LogP contribution in [-0.2, 0) is 11.2 Å². The second-order valence-corrected chi connectivity index (χ2v) is 4.60. The first-order valence-electron chi connectivity index (χ1n) is 6.80. The number of ether oxygens (including phenoxy) is 2. The van der Waals surface area contributed by atoms with E-state index in [0.29, 0.717) is 5.56 Å². The molecule has 0 saturated carbocycles. The van der Waals surface area contributed by atoms with Crippen molar-refractivity contribution in [1.82, 2.24) is 5.32 Å². The highest BCUT2D eigenvalue weighted by Crippen LogP contribution is 2.24. The summed E-state index contributed by atoms with van der Waals surface area (Å²) in [6.07, 6.45) is 5.50. The fraction of sp³-hybridized carbons (Fsp3) is 0.400. The van der Waals surface area contributed by atoms with Crippen LogP contribution in [0.4, 0.5) is 0 Å². The Hall–Kier alpha value is -1.85. The highest BCUT2D eigenvalue weighted by Gasteiger charge is 2.08. The number of rotatable bonds is 1. The van der Waals surface area contributed by atoms with E-state index >= 15 is 0 Å². The van der Waals surface area contributed by atoms with Crippen LogP contribution < -0.4 is 15.8 Å². The normalized spacial score (nSPS) is 17.0. The third-order valence-corrected chi connectivity index (χ3v) is 3.04. The first-order valence-corrected chi connectivity index (χ1v) is 6.80. The van der Waals surface area contributed by atoms with E-state index in [-0.39, 0.29) is 0 Å². The molecule has 0 atom stereocenters. The Balaban J connectivity index is 0.000000178. The number of amides is 1. The van der Waals surface area contributed by atoms with Crippen LogP contribution in [0.3, 0.4) is 0 Å². The quantitative estimate of drug-likeness (QED) is 0.809. The van der Waals surface area contributed by atoms with Crippen LogP contribution in [0.25, 0.3) is 0 Å². The number of allylic oxidation sites excluding steroid dienone is 1. The van der Waals surface area contributed by atoms with E-state index in [9.17, 15) is 4.79 Å². The lowest BCUT2D eigenvalue weighted by Crippen LogP contribution is -2.15. The highest BCUT2D eigenvalue weighted by atomic mass is 16.5. The fourth-order valence-corrected chi connectivity index (χ4v) is 1.97. The molecule has 2 aliphatic heterocycles. The van der Waals surface area contributed by atoms with Gasteiger partial charge in [-0.15, -0.1) is 0 Å². The lowest BCUT2D eigenvalue weighted by atomic mass is 10.1. The van der Waals surface area contributed by atoms with Crippen LogP contribution in [0, 0.1) is 0 Å². The number of nitrogens with one attached hydrogen (secondary N) is 1. The molecule has 3 rings (SSSR count). The van der Waals surface area contributed by atoms with Crippen LogP contribution in [0.1, 0.15) is 22.3 Å². The average molecular weight is 276 g/mol. The molecule has 5 nitrogen and oxygen atoms in total. The van der Waals surface area contributed by atoms with E-state index in [1.807, 2.05) is 6.08 Å². The molecule has 0 aromatic heterocycles. The monoisotopic (exact) mass is 276 g/mol. The number of carbonyl (C=O) groups excluding carboxylic acids is 1. The van der Waals surface area contributed by atoms with Gasteiger partial charge in [0.25, 0.3) is 0 Å². The molecule has 0 radical (unpaired) electrons. The SMILES string of the molecule is C1CNCCOC1.NC(=O)c1ccc2c(c1)CC=CO2. The number of nitrogens with two attached hydrogens (primary N) is 1. The predicted molar refractivity (Wildman–Crippen MR) is 76.7 cm³/mol. The Morgan fingerprint density at radius 2 is 2.15 bits per heavy atom. The van der Waals surface area contributed by atoms with Crippen molar-refractivity contribution in [3.8, 4) is 5.75 Å². The molecule has 2 heterocycles. The standard InChI is InChI=1S/C10H9NO2.C5H11NO/c11-10(12)8-3-4-9-7(6-8)2-1-5-13-9;1-2-6-3-5-7-4-1/h1,3-6H,2H2,(H2,11,12);6H,1-5H2. The Morgan fingerprint density at radius 3 is 3.00 bits per heavy atom. The van der Waals surface area contributed by atoms with Gasteiger partial charge in [0.1, 0.15) is 5.75 Å². The summed E-state index contributed by atoms with van der Waals surface area (Å²) >= 11 is 0. The fourth-order valence-electron chi connectivity index (χ4n) is 1.97. The van der Waals surface area contributed by atoms with Gasteiger partial charge in [-0.3, -0.25) is 4.79 Å². The van der Waals surface area contributed by atoms with Gasteiger partial charge in [0.05, 0.1) is 12.9 Å². The number of primary amides is 1. The second-order valence-electron chi connectivity index (χ2n) is 4.60. The van der Waals surface area contributed by atoms with Crippen LogP contribution in [0.5, 0.6) is 5.75 Å². The molecular weight excluding hydrogens is 256 g/mol. The summed E-state index contributed by atoms with van der Waals surface area (Å²) in [6.45, 7) is 3.98. The van der Waals surface area contributed by atoms with Crippen molar-refractivity contribution in [3.05, 3.63) is 41.7 Å². The summed E-state index contributed by atoms with van der Waals surface area (Å²) in [7, 11) is 0. The van der Waals surface area contributed by atoms with E-state index in [0.717, 1.165) is 44.0 Å². The molecule has 0 aliphatic carbocycles. The lowest BCUT2D eigenvalue weighted by Gasteiger charge is -2.11. The summed E-state index contributed by atoms with van der Waals surface area (Å²) < 4.78 is 10.4.